The lowest BCUT2D eigenvalue weighted by Gasteiger charge is -2.25. The van der Waals surface area contributed by atoms with E-state index in [0.717, 1.165) is 42.9 Å². The van der Waals surface area contributed by atoms with Crippen molar-refractivity contribution in [2.75, 3.05) is 19.6 Å². The smallest absolute Gasteiger partial charge is 0.226 e. The molecule has 1 aromatic heterocycles. The van der Waals surface area contributed by atoms with Crippen LogP contribution in [0.15, 0.2) is 4.52 Å². The van der Waals surface area contributed by atoms with Gasteiger partial charge < -0.3 is 9.84 Å². The molecule has 0 spiro atoms. The minimum absolute atomic E-state index is 0.674. The van der Waals surface area contributed by atoms with Crippen LogP contribution in [0, 0.1) is 11.8 Å². The third kappa shape index (κ3) is 2.54. The summed E-state index contributed by atoms with van der Waals surface area (Å²) in [5.41, 5.74) is 0. The molecule has 3 unspecified atom stereocenters. The fourth-order valence-corrected chi connectivity index (χ4v) is 3.71. The van der Waals surface area contributed by atoms with Crippen LogP contribution in [0.2, 0.25) is 0 Å². The summed E-state index contributed by atoms with van der Waals surface area (Å²) in [6.45, 7) is 8.79. The van der Waals surface area contributed by atoms with Crippen LogP contribution in [0.5, 0.6) is 0 Å². The number of aryl methyl sites for hydroxylation is 1. The van der Waals surface area contributed by atoms with E-state index in [1.165, 1.54) is 26.1 Å². The highest BCUT2D eigenvalue weighted by Crippen LogP contribution is 2.34. The lowest BCUT2D eigenvalue weighted by molar-refractivity contribution is 0.203. The molecule has 5 nitrogen and oxygen atoms in total. The second-order valence-electron chi connectivity index (χ2n) is 5.84. The maximum Gasteiger partial charge on any atom is 0.226 e. The molecular formula is C14H24N4O. The Hall–Kier alpha value is -0.940. The monoisotopic (exact) mass is 264 g/mol. The molecule has 5 heteroatoms. The van der Waals surface area contributed by atoms with E-state index in [4.69, 9.17) is 4.52 Å². The Bertz CT molecular complexity index is 419. The molecule has 2 aliphatic heterocycles. The Balaban J connectivity index is 1.65. The normalized spacial score (nSPS) is 30.9. The zero-order chi connectivity index (χ0) is 13.2. The van der Waals surface area contributed by atoms with Crippen LogP contribution in [0.1, 0.15) is 38.4 Å². The highest BCUT2D eigenvalue weighted by Gasteiger charge is 2.43. The first-order valence-electron chi connectivity index (χ1n) is 7.58. The van der Waals surface area contributed by atoms with Gasteiger partial charge in [-0.1, -0.05) is 19.0 Å². The van der Waals surface area contributed by atoms with Crippen LogP contribution < -0.4 is 5.32 Å². The highest BCUT2D eigenvalue weighted by atomic mass is 16.5. The van der Waals surface area contributed by atoms with Crippen molar-refractivity contribution in [3.05, 3.63) is 11.7 Å². The number of fused-ring (bicyclic) bond motifs is 1. The van der Waals surface area contributed by atoms with Crippen molar-refractivity contribution in [3.8, 4) is 0 Å². The number of nitrogens with one attached hydrogen (secondary N) is 1. The number of aromatic nitrogens is 2. The van der Waals surface area contributed by atoms with Crippen molar-refractivity contribution in [2.45, 2.75) is 45.7 Å². The third-order valence-corrected chi connectivity index (χ3v) is 4.56. The quantitative estimate of drug-likeness (QED) is 0.872. The van der Waals surface area contributed by atoms with E-state index in [1.54, 1.807) is 0 Å². The fraction of sp³-hybridized carbons (Fsp3) is 0.857. The molecule has 2 aliphatic rings. The van der Waals surface area contributed by atoms with Crippen molar-refractivity contribution in [3.63, 3.8) is 0 Å². The number of rotatable bonds is 5. The lowest BCUT2D eigenvalue weighted by atomic mass is 9.93. The first-order chi connectivity index (χ1) is 9.31. The average molecular weight is 264 g/mol. The van der Waals surface area contributed by atoms with Gasteiger partial charge in [0.05, 0.1) is 6.54 Å². The van der Waals surface area contributed by atoms with Crippen molar-refractivity contribution >= 4 is 0 Å². The molecule has 19 heavy (non-hydrogen) atoms. The molecule has 0 aromatic carbocycles. The van der Waals surface area contributed by atoms with Gasteiger partial charge in [-0.2, -0.15) is 4.98 Å². The largest absolute Gasteiger partial charge is 0.339 e. The summed E-state index contributed by atoms with van der Waals surface area (Å²) < 4.78 is 5.28. The molecule has 3 heterocycles. The Labute approximate surface area is 114 Å². The summed E-state index contributed by atoms with van der Waals surface area (Å²) in [7, 11) is 0. The van der Waals surface area contributed by atoms with E-state index < -0.39 is 0 Å². The molecule has 2 saturated heterocycles. The van der Waals surface area contributed by atoms with Crippen molar-refractivity contribution in [1.82, 2.24) is 20.4 Å². The van der Waals surface area contributed by atoms with Crippen molar-refractivity contribution < 1.29 is 4.52 Å². The predicted octanol–water partition coefficient (Wildman–Crippen LogP) is 1.45. The Morgan fingerprint density at radius 1 is 1.37 bits per heavy atom. The van der Waals surface area contributed by atoms with Crippen LogP contribution in [0.4, 0.5) is 0 Å². The summed E-state index contributed by atoms with van der Waals surface area (Å²) in [6, 6.07) is 0.674. The van der Waals surface area contributed by atoms with Crippen LogP contribution >= 0.6 is 0 Å². The highest BCUT2D eigenvalue weighted by molar-refractivity contribution is 4.99. The van der Waals surface area contributed by atoms with Gasteiger partial charge in [-0.15, -0.1) is 0 Å². The molecule has 106 valence electrons. The summed E-state index contributed by atoms with van der Waals surface area (Å²) in [5, 5.41) is 7.63. The van der Waals surface area contributed by atoms with Gasteiger partial charge in [0, 0.05) is 19.0 Å². The zero-order valence-electron chi connectivity index (χ0n) is 11.9. The lowest BCUT2D eigenvalue weighted by Crippen LogP contribution is -2.34. The topological polar surface area (TPSA) is 54.2 Å². The molecule has 0 amide bonds. The van der Waals surface area contributed by atoms with Gasteiger partial charge in [0.15, 0.2) is 5.82 Å². The van der Waals surface area contributed by atoms with Crippen LogP contribution in [0.3, 0.4) is 0 Å². The van der Waals surface area contributed by atoms with Gasteiger partial charge in [-0.25, -0.2) is 0 Å². The van der Waals surface area contributed by atoms with Gasteiger partial charge in [0.25, 0.3) is 0 Å². The SMILES string of the molecule is CCCc1nc(CN2CC3CNCC3C2CC)no1. The third-order valence-electron chi connectivity index (χ3n) is 4.56. The summed E-state index contributed by atoms with van der Waals surface area (Å²) in [4.78, 5) is 7.04. The summed E-state index contributed by atoms with van der Waals surface area (Å²) >= 11 is 0. The van der Waals surface area contributed by atoms with E-state index >= 15 is 0 Å². The van der Waals surface area contributed by atoms with Crippen LogP contribution in [-0.4, -0.2) is 40.7 Å². The second kappa shape index (κ2) is 5.59. The molecule has 0 saturated carbocycles. The van der Waals surface area contributed by atoms with E-state index in [2.05, 4.69) is 34.2 Å². The van der Waals surface area contributed by atoms with E-state index in [9.17, 15) is 0 Å². The number of likely N-dealkylation sites (tertiary alicyclic amines) is 1. The molecule has 1 N–H and O–H groups in total. The standard InChI is InChI=1S/C14H24N4O/c1-3-5-14-16-13(17-19-14)9-18-8-10-6-15-7-11(10)12(18)4-2/h10-12,15H,3-9H2,1-2H3. The molecule has 0 aliphatic carbocycles. The van der Waals surface area contributed by atoms with Gasteiger partial charge in [0.1, 0.15) is 0 Å². The maximum atomic E-state index is 5.28. The summed E-state index contributed by atoms with van der Waals surface area (Å²) in [6.07, 6.45) is 3.15. The van der Waals surface area contributed by atoms with E-state index in [-0.39, 0.29) is 0 Å². The number of hydrogen-bond acceptors (Lipinski definition) is 5. The van der Waals surface area contributed by atoms with Crippen molar-refractivity contribution in [1.29, 1.82) is 0 Å². The molecule has 1 aromatic rings. The summed E-state index contributed by atoms with van der Waals surface area (Å²) in [5.74, 6) is 3.26. The molecule has 0 radical (unpaired) electrons. The van der Waals surface area contributed by atoms with Gasteiger partial charge in [-0.3, -0.25) is 4.90 Å². The van der Waals surface area contributed by atoms with E-state index in [1.807, 2.05) is 0 Å². The minimum Gasteiger partial charge on any atom is -0.339 e. The van der Waals surface area contributed by atoms with E-state index in [0.29, 0.717) is 6.04 Å². The minimum atomic E-state index is 0.674. The van der Waals surface area contributed by atoms with Crippen LogP contribution in [-0.2, 0) is 13.0 Å². The second-order valence-corrected chi connectivity index (χ2v) is 5.84. The Morgan fingerprint density at radius 2 is 2.26 bits per heavy atom. The number of nitrogens with zero attached hydrogens (tertiary/aromatic N) is 3. The number of hydrogen-bond donors (Lipinski definition) is 1. The Kier molecular flexibility index (Phi) is 3.84. The van der Waals surface area contributed by atoms with Gasteiger partial charge in [0.2, 0.25) is 5.89 Å². The molecule has 0 bridgehead atoms. The fourth-order valence-electron chi connectivity index (χ4n) is 3.71. The maximum absolute atomic E-state index is 5.28. The first kappa shape index (κ1) is 13.1. The molecule has 3 atom stereocenters. The molecule has 2 fully saturated rings. The molecule has 3 rings (SSSR count). The average Bonchev–Trinajstić information content (AvgIpc) is 3.06. The van der Waals surface area contributed by atoms with Crippen LogP contribution in [0.25, 0.3) is 0 Å². The molecular weight excluding hydrogens is 240 g/mol. The zero-order valence-corrected chi connectivity index (χ0v) is 11.9. The van der Waals surface area contributed by atoms with Gasteiger partial charge >= 0.3 is 0 Å². The van der Waals surface area contributed by atoms with Crippen molar-refractivity contribution in [2.24, 2.45) is 11.8 Å². The van der Waals surface area contributed by atoms with Gasteiger partial charge in [-0.05, 0) is 37.8 Å². The Morgan fingerprint density at radius 3 is 3.05 bits per heavy atom. The predicted molar refractivity (Wildman–Crippen MR) is 72.6 cm³/mol. The first-order valence-corrected chi connectivity index (χ1v) is 7.58.